The van der Waals surface area contributed by atoms with Gasteiger partial charge in [-0.1, -0.05) is 42.5 Å². The van der Waals surface area contributed by atoms with Gasteiger partial charge in [0.05, 0.1) is 5.56 Å². The Morgan fingerprint density at radius 2 is 1.83 bits per heavy atom. The fraction of sp³-hybridized carbons (Fsp3) is 0.133. The number of hydrogen-bond acceptors (Lipinski definition) is 1. The first-order valence-corrected chi connectivity index (χ1v) is 5.75. The maximum absolute atomic E-state index is 13.6. The minimum absolute atomic E-state index is 0.119. The van der Waals surface area contributed by atoms with E-state index in [4.69, 9.17) is 0 Å². The Balaban J connectivity index is 2.09. The van der Waals surface area contributed by atoms with Gasteiger partial charge < -0.3 is 5.32 Å². The maximum Gasteiger partial charge on any atom is 0.254 e. The van der Waals surface area contributed by atoms with E-state index in [1.165, 1.54) is 6.07 Å². The number of hydrogen-bond donors (Lipinski definition) is 1. The van der Waals surface area contributed by atoms with Crippen molar-refractivity contribution in [3.63, 3.8) is 0 Å². The summed E-state index contributed by atoms with van der Waals surface area (Å²) in [5.41, 5.74) is 1.74. The van der Waals surface area contributed by atoms with E-state index in [-0.39, 0.29) is 11.5 Å². The van der Waals surface area contributed by atoms with Crippen molar-refractivity contribution in [3.05, 3.63) is 71.0 Å². The highest BCUT2D eigenvalue weighted by Gasteiger charge is 2.13. The van der Waals surface area contributed by atoms with E-state index in [0.29, 0.717) is 12.1 Å². The van der Waals surface area contributed by atoms with Crippen LogP contribution in [-0.2, 0) is 6.54 Å². The van der Waals surface area contributed by atoms with Gasteiger partial charge in [0.2, 0.25) is 0 Å². The Morgan fingerprint density at radius 3 is 2.50 bits per heavy atom. The molecule has 0 aliphatic carbocycles. The van der Waals surface area contributed by atoms with Gasteiger partial charge in [0.25, 0.3) is 5.91 Å². The van der Waals surface area contributed by atoms with Gasteiger partial charge in [-0.05, 0) is 24.1 Å². The molecule has 0 spiro atoms. The standard InChI is InChI=1S/C15H14FNO/c1-11-6-5-9-13(16)14(11)15(18)17-10-12-7-3-2-4-8-12/h2-9H,10H2,1H3,(H,17,18). The van der Waals surface area contributed by atoms with Gasteiger partial charge in [-0.25, -0.2) is 4.39 Å². The molecular weight excluding hydrogens is 229 g/mol. The Hall–Kier alpha value is -2.16. The van der Waals surface area contributed by atoms with E-state index in [2.05, 4.69) is 5.32 Å². The van der Waals surface area contributed by atoms with Crippen molar-refractivity contribution in [1.82, 2.24) is 5.32 Å². The minimum atomic E-state index is -0.486. The zero-order valence-electron chi connectivity index (χ0n) is 10.1. The molecule has 3 heteroatoms. The van der Waals surface area contributed by atoms with Gasteiger partial charge in [0.1, 0.15) is 5.82 Å². The third-order valence-electron chi connectivity index (χ3n) is 2.74. The molecule has 92 valence electrons. The highest BCUT2D eigenvalue weighted by atomic mass is 19.1. The largest absolute Gasteiger partial charge is 0.348 e. The average molecular weight is 243 g/mol. The lowest BCUT2D eigenvalue weighted by Crippen LogP contribution is -2.24. The number of aryl methyl sites for hydroxylation is 1. The summed E-state index contributed by atoms with van der Waals surface area (Å²) in [6.07, 6.45) is 0. The first-order valence-electron chi connectivity index (χ1n) is 5.75. The predicted octanol–water partition coefficient (Wildman–Crippen LogP) is 3.06. The summed E-state index contributed by atoms with van der Waals surface area (Å²) in [6, 6.07) is 14.1. The first kappa shape index (κ1) is 12.3. The molecular formula is C15H14FNO. The number of nitrogens with one attached hydrogen (secondary N) is 1. The van der Waals surface area contributed by atoms with Crippen molar-refractivity contribution >= 4 is 5.91 Å². The summed E-state index contributed by atoms with van der Waals surface area (Å²) in [6.45, 7) is 2.12. The molecule has 2 aromatic rings. The second-order valence-corrected chi connectivity index (χ2v) is 4.10. The van der Waals surface area contributed by atoms with Gasteiger partial charge in [0.15, 0.2) is 0 Å². The van der Waals surface area contributed by atoms with E-state index in [0.717, 1.165) is 5.56 Å². The zero-order chi connectivity index (χ0) is 13.0. The molecule has 0 aromatic heterocycles. The third kappa shape index (κ3) is 2.74. The SMILES string of the molecule is Cc1cccc(F)c1C(=O)NCc1ccccc1. The number of rotatable bonds is 3. The summed E-state index contributed by atoms with van der Waals surface area (Å²) >= 11 is 0. The molecule has 1 N–H and O–H groups in total. The molecule has 2 rings (SSSR count). The van der Waals surface area contributed by atoms with Gasteiger partial charge >= 0.3 is 0 Å². The molecule has 18 heavy (non-hydrogen) atoms. The fourth-order valence-electron chi connectivity index (χ4n) is 1.79. The van der Waals surface area contributed by atoms with Crippen LogP contribution >= 0.6 is 0 Å². The minimum Gasteiger partial charge on any atom is -0.348 e. The molecule has 0 heterocycles. The number of carbonyl (C=O) groups excluding carboxylic acids is 1. The van der Waals surface area contributed by atoms with Crippen molar-refractivity contribution in [3.8, 4) is 0 Å². The van der Waals surface area contributed by atoms with Crippen molar-refractivity contribution in [2.75, 3.05) is 0 Å². The summed E-state index contributed by atoms with van der Waals surface area (Å²) in [7, 11) is 0. The quantitative estimate of drug-likeness (QED) is 0.882. The van der Waals surface area contributed by atoms with Gasteiger partial charge in [-0.15, -0.1) is 0 Å². The molecule has 0 fully saturated rings. The van der Waals surface area contributed by atoms with Crippen LogP contribution in [0, 0.1) is 12.7 Å². The second-order valence-electron chi connectivity index (χ2n) is 4.10. The predicted molar refractivity (Wildman–Crippen MR) is 68.7 cm³/mol. The highest BCUT2D eigenvalue weighted by Crippen LogP contribution is 2.12. The highest BCUT2D eigenvalue weighted by molar-refractivity contribution is 5.95. The van der Waals surface area contributed by atoms with Gasteiger partial charge in [0, 0.05) is 6.54 Å². The number of halogens is 1. The summed E-state index contributed by atoms with van der Waals surface area (Å²) in [4.78, 5) is 11.9. The summed E-state index contributed by atoms with van der Waals surface area (Å²) in [5, 5.41) is 2.72. The van der Waals surface area contributed by atoms with E-state index in [1.54, 1.807) is 19.1 Å². The van der Waals surface area contributed by atoms with Crippen LogP contribution in [0.2, 0.25) is 0 Å². The second kappa shape index (κ2) is 5.45. The van der Waals surface area contributed by atoms with Crippen LogP contribution in [0.25, 0.3) is 0 Å². The van der Waals surface area contributed by atoms with Crippen LogP contribution < -0.4 is 5.32 Å². The van der Waals surface area contributed by atoms with Crippen LogP contribution in [0.15, 0.2) is 48.5 Å². The van der Waals surface area contributed by atoms with Crippen molar-refractivity contribution in [2.24, 2.45) is 0 Å². The third-order valence-corrected chi connectivity index (χ3v) is 2.74. The van der Waals surface area contributed by atoms with Crippen LogP contribution in [0.1, 0.15) is 21.5 Å². The monoisotopic (exact) mass is 243 g/mol. The van der Waals surface area contributed by atoms with Crippen LogP contribution in [-0.4, -0.2) is 5.91 Å². The van der Waals surface area contributed by atoms with Gasteiger partial charge in [-0.3, -0.25) is 4.79 Å². The number of amides is 1. The summed E-state index contributed by atoms with van der Waals surface area (Å²) < 4.78 is 13.6. The Morgan fingerprint density at radius 1 is 1.11 bits per heavy atom. The van der Waals surface area contributed by atoms with Crippen molar-refractivity contribution in [2.45, 2.75) is 13.5 Å². The maximum atomic E-state index is 13.6. The average Bonchev–Trinajstić information content (AvgIpc) is 2.37. The lowest BCUT2D eigenvalue weighted by atomic mass is 10.1. The molecule has 0 aliphatic heterocycles. The Kier molecular flexibility index (Phi) is 3.72. The molecule has 0 bridgehead atoms. The number of benzene rings is 2. The fourth-order valence-corrected chi connectivity index (χ4v) is 1.79. The molecule has 2 nitrogen and oxygen atoms in total. The Bertz CT molecular complexity index is 531. The van der Waals surface area contributed by atoms with E-state index in [9.17, 15) is 9.18 Å². The first-order chi connectivity index (χ1) is 8.68. The molecule has 0 aliphatic rings. The molecule has 0 atom stereocenters. The Labute approximate surface area is 105 Å². The van der Waals surface area contributed by atoms with Gasteiger partial charge in [-0.2, -0.15) is 0 Å². The molecule has 0 saturated carbocycles. The topological polar surface area (TPSA) is 29.1 Å². The molecule has 1 amide bonds. The number of carbonyl (C=O) groups is 1. The molecule has 0 unspecified atom stereocenters. The van der Waals surface area contributed by atoms with Crippen molar-refractivity contribution in [1.29, 1.82) is 0 Å². The molecule has 0 radical (unpaired) electrons. The van der Waals surface area contributed by atoms with Crippen LogP contribution in [0.3, 0.4) is 0 Å². The van der Waals surface area contributed by atoms with E-state index < -0.39 is 5.82 Å². The zero-order valence-corrected chi connectivity index (χ0v) is 10.1. The van der Waals surface area contributed by atoms with Crippen molar-refractivity contribution < 1.29 is 9.18 Å². The molecule has 0 saturated heterocycles. The lowest BCUT2D eigenvalue weighted by molar-refractivity contribution is 0.0946. The lowest BCUT2D eigenvalue weighted by Gasteiger charge is -2.08. The van der Waals surface area contributed by atoms with E-state index >= 15 is 0 Å². The normalized spacial score (nSPS) is 10.1. The van der Waals surface area contributed by atoms with E-state index in [1.807, 2.05) is 30.3 Å². The summed E-state index contributed by atoms with van der Waals surface area (Å²) in [5.74, 6) is -0.866. The molecule has 2 aromatic carbocycles. The van der Waals surface area contributed by atoms with Crippen LogP contribution in [0.5, 0.6) is 0 Å². The smallest absolute Gasteiger partial charge is 0.254 e. The van der Waals surface area contributed by atoms with Crippen LogP contribution in [0.4, 0.5) is 4.39 Å².